The summed E-state index contributed by atoms with van der Waals surface area (Å²) in [6.07, 6.45) is 0.879. The van der Waals surface area contributed by atoms with Crippen LogP contribution in [-0.2, 0) is 19.5 Å². The summed E-state index contributed by atoms with van der Waals surface area (Å²) >= 11 is 0. The second kappa shape index (κ2) is 8.37. The lowest BCUT2D eigenvalue weighted by atomic mass is 10.1. The molecule has 0 spiro atoms. The molecule has 3 heterocycles. The number of fused-ring (bicyclic) bond motifs is 1. The summed E-state index contributed by atoms with van der Waals surface area (Å²) in [4.78, 5) is 19.8. The molecule has 2 aromatic carbocycles. The van der Waals surface area contributed by atoms with Crippen molar-refractivity contribution in [2.75, 3.05) is 6.54 Å². The Bertz CT molecular complexity index is 1170. The van der Waals surface area contributed by atoms with Crippen molar-refractivity contribution in [2.24, 2.45) is 5.92 Å². The number of para-hydroxylation sites is 1. The third kappa shape index (κ3) is 3.79. The molecule has 162 valence electrons. The van der Waals surface area contributed by atoms with Crippen LogP contribution in [0.25, 0.3) is 17.1 Å². The van der Waals surface area contributed by atoms with Gasteiger partial charge in [-0.2, -0.15) is 0 Å². The molecule has 0 N–H and O–H groups in total. The Labute approximate surface area is 186 Å². The van der Waals surface area contributed by atoms with Gasteiger partial charge in [0.05, 0.1) is 12.2 Å². The van der Waals surface area contributed by atoms with Gasteiger partial charge >= 0.3 is 0 Å². The largest absolute Gasteiger partial charge is 0.327 e. The predicted molar refractivity (Wildman–Crippen MR) is 120 cm³/mol. The molecule has 0 fully saturated rings. The standard InChI is InChI=1S/C24H25N7O/c1-17(2)15-20-26-27-21-16-29(13-14-30(20)21)24(32)22-25-23(18-9-5-3-6-10-18)31(28-22)19-11-7-4-8-12-19/h3-12,17H,13-16H2,1-2H3. The molecule has 0 unspecified atom stereocenters. The lowest BCUT2D eigenvalue weighted by Crippen LogP contribution is -2.39. The second-order valence-corrected chi connectivity index (χ2v) is 8.38. The number of amides is 1. The van der Waals surface area contributed by atoms with Crippen LogP contribution < -0.4 is 0 Å². The molecule has 5 rings (SSSR count). The average molecular weight is 428 g/mol. The van der Waals surface area contributed by atoms with Crippen LogP contribution >= 0.6 is 0 Å². The van der Waals surface area contributed by atoms with E-state index in [-0.39, 0.29) is 11.7 Å². The number of rotatable bonds is 5. The van der Waals surface area contributed by atoms with Crippen molar-refractivity contribution in [3.8, 4) is 17.1 Å². The number of hydrogen-bond donors (Lipinski definition) is 0. The zero-order chi connectivity index (χ0) is 22.1. The molecule has 0 aliphatic carbocycles. The molecule has 8 heteroatoms. The maximum absolute atomic E-state index is 13.4. The highest BCUT2D eigenvalue weighted by Crippen LogP contribution is 2.22. The molecule has 4 aromatic rings. The van der Waals surface area contributed by atoms with Gasteiger partial charge in [0.25, 0.3) is 5.91 Å². The van der Waals surface area contributed by atoms with E-state index in [0.29, 0.717) is 31.4 Å². The zero-order valence-corrected chi connectivity index (χ0v) is 18.2. The molecule has 0 saturated heterocycles. The van der Waals surface area contributed by atoms with E-state index < -0.39 is 0 Å². The fourth-order valence-corrected chi connectivity index (χ4v) is 3.97. The van der Waals surface area contributed by atoms with Crippen LogP contribution in [0.5, 0.6) is 0 Å². The third-order valence-electron chi connectivity index (χ3n) is 5.54. The van der Waals surface area contributed by atoms with Gasteiger partial charge in [0.2, 0.25) is 5.82 Å². The number of hydrogen-bond acceptors (Lipinski definition) is 5. The van der Waals surface area contributed by atoms with Gasteiger partial charge in [-0.15, -0.1) is 15.3 Å². The topological polar surface area (TPSA) is 81.7 Å². The van der Waals surface area contributed by atoms with E-state index in [4.69, 9.17) is 0 Å². The summed E-state index contributed by atoms with van der Waals surface area (Å²) in [5, 5.41) is 13.3. The van der Waals surface area contributed by atoms with E-state index in [1.165, 1.54) is 0 Å². The molecule has 32 heavy (non-hydrogen) atoms. The predicted octanol–water partition coefficient (Wildman–Crippen LogP) is 3.38. The summed E-state index contributed by atoms with van der Waals surface area (Å²) < 4.78 is 3.87. The van der Waals surface area contributed by atoms with Gasteiger partial charge in [-0.3, -0.25) is 4.79 Å². The second-order valence-electron chi connectivity index (χ2n) is 8.38. The summed E-state index contributed by atoms with van der Waals surface area (Å²) in [6.45, 7) is 6.00. The minimum atomic E-state index is -0.198. The van der Waals surface area contributed by atoms with Gasteiger partial charge in [0.15, 0.2) is 11.6 Å². The van der Waals surface area contributed by atoms with Gasteiger partial charge in [-0.1, -0.05) is 62.4 Å². The van der Waals surface area contributed by atoms with E-state index in [2.05, 4.69) is 38.7 Å². The van der Waals surface area contributed by atoms with E-state index >= 15 is 0 Å². The normalized spacial score (nSPS) is 13.4. The van der Waals surface area contributed by atoms with Crippen LogP contribution in [0.15, 0.2) is 60.7 Å². The Morgan fingerprint density at radius 1 is 0.969 bits per heavy atom. The Kier molecular flexibility index (Phi) is 5.26. The minimum absolute atomic E-state index is 0.183. The molecule has 0 bridgehead atoms. The maximum Gasteiger partial charge on any atom is 0.294 e. The quantitative estimate of drug-likeness (QED) is 0.488. The van der Waals surface area contributed by atoms with Crippen LogP contribution in [0.3, 0.4) is 0 Å². The average Bonchev–Trinajstić information content (AvgIpc) is 3.44. The van der Waals surface area contributed by atoms with Crippen molar-refractivity contribution < 1.29 is 4.79 Å². The van der Waals surface area contributed by atoms with Gasteiger partial charge in [0, 0.05) is 25.1 Å². The van der Waals surface area contributed by atoms with Crippen LogP contribution in [0, 0.1) is 5.92 Å². The Balaban J connectivity index is 1.46. The number of carbonyl (C=O) groups excluding carboxylic acids is 1. The van der Waals surface area contributed by atoms with Gasteiger partial charge < -0.3 is 9.47 Å². The number of carbonyl (C=O) groups is 1. The third-order valence-corrected chi connectivity index (χ3v) is 5.54. The maximum atomic E-state index is 13.4. The Morgan fingerprint density at radius 2 is 1.69 bits per heavy atom. The van der Waals surface area contributed by atoms with Crippen molar-refractivity contribution in [3.05, 3.63) is 78.1 Å². The Morgan fingerprint density at radius 3 is 2.41 bits per heavy atom. The van der Waals surface area contributed by atoms with Gasteiger partial charge in [-0.05, 0) is 18.1 Å². The van der Waals surface area contributed by atoms with Crippen molar-refractivity contribution in [1.29, 1.82) is 0 Å². The lowest BCUT2D eigenvalue weighted by molar-refractivity contribution is 0.0694. The van der Waals surface area contributed by atoms with E-state index in [1.807, 2.05) is 60.7 Å². The van der Waals surface area contributed by atoms with Crippen molar-refractivity contribution in [2.45, 2.75) is 33.4 Å². The van der Waals surface area contributed by atoms with Crippen LogP contribution in [0.2, 0.25) is 0 Å². The van der Waals surface area contributed by atoms with Crippen LogP contribution in [-0.4, -0.2) is 46.9 Å². The summed E-state index contributed by atoms with van der Waals surface area (Å²) in [6, 6.07) is 19.5. The van der Waals surface area contributed by atoms with Crippen molar-refractivity contribution >= 4 is 5.91 Å². The smallest absolute Gasteiger partial charge is 0.294 e. The zero-order valence-electron chi connectivity index (χ0n) is 18.2. The molecular weight excluding hydrogens is 402 g/mol. The summed E-state index contributed by atoms with van der Waals surface area (Å²) in [5.41, 5.74) is 1.76. The Hall–Kier alpha value is -3.81. The van der Waals surface area contributed by atoms with Gasteiger partial charge in [0.1, 0.15) is 5.82 Å². The first-order valence-electron chi connectivity index (χ1n) is 10.9. The molecule has 1 amide bonds. The molecular formula is C24H25N7O. The SMILES string of the molecule is CC(C)Cc1nnc2n1CCN(C(=O)c1nc(-c3ccccc3)n(-c3ccccc3)n1)C2. The first kappa shape index (κ1) is 20.1. The fourth-order valence-electron chi connectivity index (χ4n) is 3.97. The van der Waals surface area contributed by atoms with Crippen molar-refractivity contribution in [1.82, 2.24) is 34.4 Å². The van der Waals surface area contributed by atoms with Crippen LogP contribution in [0.4, 0.5) is 0 Å². The lowest BCUT2D eigenvalue weighted by Gasteiger charge is -2.27. The molecule has 8 nitrogen and oxygen atoms in total. The van der Waals surface area contributed by atoms with E-state index in [0.717, 1.165) is 29.3 Å². The summed E-state index contributed by atoms with van der Waals surface area (Å²) in [5.74, 6) is 2.93. The highest BCUT2D eigenvalue weighted by atomic mass is 16.2. The molecule has 1 aliphatic heterocycles. The summed E-state index contributed by atoms with van der Waals surface area (Å²) in [7, 11) is 0. The number of aromatic nitrogens is 6. The molecule has 0 saturated carbocycles. The number of benzene rings is 2. The monoisotopic (exact) mass is 427 g/mol. The van der Waals surface area contributed by atoms with E-state index in [9.17, 15) is 4.79 Å². The van der Waals surface area contributed by atoms with E-state index in [1.54, 1.807) is 9.58 Å². The minimum Gasteiger partial charge on any atom is -0.327 e. The highest BCUT2D eigenvalue weighted by Gasteiger charge is 2.28. The highest BCUT2D eigenvalue weighted by molar-refractivity contribution is 5.91. The number of nitrogens with zero attached hydrogens (tertiary/aromatic N) is 7. The molecule has 0 radical (unpaired) electrons. The molecule has 0 atom stereocenters. The molecule has 1 aliphatic rings. The van der Waals surface area contributed by atoms with Crippen LogP contribution in [0.1, 0.15) is 36.1 Å². The van der Waals surface area contributed by atoms with Gasteiger partial charge in [-0.25, -0.2) is 9.67 Å². The fraction of sp³-hybridized carbons (Fsp3) is 0.292. The first-order chi connectivity index (χ1) is 15.6. The first-order valence-corrected chi connectivity index (χ1v) is 10.9. The van der Waals surface area contributed by atoms with Crippen molar-refractivity contribution in [3.63, 3.8) is 0 Å². The molecule has 2 aromatic heterocycles.